The summed E-state index contributed by atoms with van der Waals surface area (Å²) < 4.78 is 0. The van der Waals surface area contributed by atoms with Gasteiger partial charge >= 0.3 is 0 Å². The van der Waals surface area contributed by atoms with Gasteiger partial charge in [-0.15, -0.1) is 11.8 Å². The number of pyridine rings is 1. The molecule has 1 atom stereocenters. The Morgan fingerprint density at radius 3 is 2.93 bits per heavy atom. The Labute approximate surface area is 92.1 Å². The quantitative estimate of drug-likeness (QED) is 0.759. The van der Waals surface area contributed by atoms with E-state index in [0.29, 0.717) is 0 Å². The van der Waals surface area contributed by atoms with Crippen LogP contribution in [-0.4, -0.2) is 11.5 Å². The maximum Gasteiger partial charge on any atom is 0.0612 e. The summed E-state index contributed by atoms with van der Waals surface area (Å²) in [6, 6.07) is 4.31. The Kier molecular flexibility index (Phi) is 4.86. The van der Waals surface area contributed by atoms with E-state index in [-0.39, 0.29) is 6.04 Å². The van der Waals surface area contributed by atoms with E-state index in [1.165, 1.54) is 5.56 Å². The van der Waals surface area contributed by atoms with Crippen LogP contribution in [0.4, 0.5) is 0 Å². The summed E-state index contributed by atoms with van der Waals surface area (Å²) in [5.74, 6) is 6.03. The van der Waals surface area contributed by atoms with E-state index in [0.717, 1.165) is 18.7 Å². The predicted octanol–water partition coefficient (Wildman–Crippen LogP) is 2.45. The molecule has 0 spiro atoms. The minimum absolute atomic E-state index is 0.253. The van der Waals surface area contributed by atoms with Gasteiger partial charge in [0.1, 0.15) is 0 Å². The topological polar surface area (TPSA) is 24.9 Å². The predicted molar refractivity (Wildman–Crippen MR) is 63.5 cm³/mol. The maximum absolute atomic E-state index is 4.42. The molecule has 0 aliphatic rings. The molecule has 80 valence electrons. The Bertz CT molecular complexity index is 360. The summed E-state index contributed by atoms with van der Waals surface area (Å²) in [7, 11) is 0. The van der Waals surface area contributed by atoms with E-state index in [1.807, 2.05) is 19.2 Å². The smallest absolute Gasteiger partial charge is 0.0612 e. The Hall–Kier alpha value is -1.33. The van der Waals surface area contributed by atoms with Crippen LogP contribution in [-0.2, 0) is 0 Å². The van der Waals surface area contributed by atoms with E-state index < -0.39 is 0 Å². The number of nitrogens with zero attached hydrogens (tertiary/aromatic N) is 1. The van der Waals surface area contributed by atoms with Crippen molar-refractivity contribution < 1.29 is 0 Å². The Balaban J connectivity index is 2.86. The normalized spacial score (nSPS) is 11.7. The second kappa shape index (κ2) is 6.21. The molecule has 1 aromatic rings. The molecule has 2 heteroatoms. The van der Waals surface area contributed by atoms with Crippen LogP contribution in [0.3, 0.4) is 0 Å². The molecule has 0 fully saturated rings. The van der Waals surface area contributed by atoms with Crippen molar-refractivity contribution >= 4 is 0 Å². The van der Waals surface area contributed by atoms with Gasteiger partial charge in [0, 0.05) is 12.6 Å². The highest BCUT2D eigenvalue weighted by Crippen LogP contribution is 2.17. The largest absolute Gasteiger partial charge is 0.308 e. The zero-order chi connectivity index (χ0) is 11.1. The molecule has 0 saturated heterocycles. The summed E-state index contributed by atoms with van der Waals surface area (Å²) in [5.41, 5.74) is 2.34. The van der Waals surface area contributed by atoms with Crippen molar-refractivity contribution in [3.05, 3.63) is 29.6 Å². The third-order valence-electron chi connectivity index (χ3n) is 2.31. The maximum atomic E-state index is 4.42. The molecular weight excluding hydrogens is 184 g/mol. The molecule has 1 aromatic heterocycles. The SMILES string of the molecule is CC#CCC(NCC)c1ncccc1C. The molecule has 0 amide bonds. The fourth-order valence-electron chi connectivity index (χ4n) is 1.58. The van der Waals surface area contributed by atoms with Gasteiger partial charge in [-0.2, -0.15) is 0 Å². The van der Waals surface area contributed by atoms with Crippen LogP contribution in [0, 0.1) is 18.8 Å². The summed E-state index contributed by atoms with van der Waals surface area (Å²) in [6.45, 7) is 7.00. The average Bonchev–Trinajstić information content (AvgIpc) is 2.25. The second-order valence-electron chi connectivity index (χ2n) is 3.45. The molecule has 1 heterocycles. The van der Waals surface area contributed by atoms with E-state index in [1.54, 1.807) is 0 Å². The minimum Gasteiger partial charge on any atom is -0.308 e. The van der Waals surface area contributed by atoms with Gasteiger partial charge in [0.05, 0.1) is 11.7 Å². The van der Waals surface area contributed by atoms with E-state index in [9.17, 15) is 0 Å². The number of rotatable bonds is 4. The van der Waals surface area contributed by atoms with E-state index in [4.69, 9.17) is 0 Å². The number of nitrogens with one attached hydrogen (secondary N) is 1. The molecule has 1 rings (SSSR count). The van der Waals surface area contributed by atoms with Gasteiger partial charge < -0.3 is 5.32 Å². The Morgan fingerprint density at radius 2 is 2.33 bits per heavy atom. The van der Waals surface area contributed by atoms with Gasteiger partial charge in [-0.1, -0.05) is 13.0 Å². The number of aryl methyl sites for hydroxylation is 1. The van der Waals surface area contributed by atoms with Gasteiger partial charge in [0.25, 0.3) is 0 Å². The standard InChI is InChI=1S/C13H18N2/c1-4-6-9-12(14-5-2)13-11(3)8-7-10-15-13/h7-8,10,12,14H,5,9H2,1-3H3. The van der Waals surface area contributed by atoms with Crippen molar-refractivity contribution in [2.45, 2.75) is 33.2 Å². The number of aromatic nitrogens is 1. The lowest BCUT2D eigenvalue weighted by atomic mass is 10.1. The summed E-state index contributed by atoms with van der Waals surface area (Å²) in [6.07, 6.45) is 2.66. The van der Waals surface area contributed by atoms with Crippen LogP contribution in [0.1, 0.15) is 37.6 Å². The molecule has 2 nitrogen and oxygen atoms in total. The van der Waals surface area contributed by atoms with Gasteiger partial charge in [-0.3, -0.25) is 4.98 Å². The van der Waals surface area contributed by atoms with Gasteiger partial charge in [0.2, 0.25) is 0 Å². The van der Waals surface area contributed by atoms with E-state index >= 15 is 0 Å². The zero-order valence-corrected chi connectivity index (χ0v) is 9.67. The highest BCUT2D eigenvalue weighted by Gasteiger charge is 2.11. The van der Waals surface area contributed by atoms with Crippen LogP contribution in [0.2, 0.25) is 0 Å². The van der Waals surface area contributed by atoms with Gasteiger partial charge in [0.15, 0.2) is 0 Å². The van der Waals surface area contributed by atoms with Crippen molar-refractivity contribution in [3.8, 4) is 11.8 Å². The van der Waals surface area contributed by atoms with Crippen molar-refractivity contribution in [1.82, 2.24) is 10.3 Å². The molecule has 0 bridgehead atoms. The van der Waals surface area contributed by atoms with Crippen LogP contribution < -0.4 is 5.32 Å². The molecule has 0 radical (unpaired) electrons. The Morgan fingerprint density at radius 1 is 1.53 bits per heavy atom. The molecular formula is C13H18N2. The molecule has 15 heavy (non-hydrogen) atoms. The fraction of sp³-hybridized carbons (Fsp3) is 0.462. The third kappa shape index (κ3) is 3.38. The molecule has 0 aliphatic carbocycles. The second-order valence-corrected chi connectivity index (χ2v) is 3.45. The first-order chi connectivity index (χ1) is 7.29. The van der Waals surface area contributed by atoms with Crippen molar-refractivity contribution in [3.63, 3.8) is 0 Å². The number of hydrogen-bond acceptors (Lipinski definition) is 2. The lowest BCUT2D eigenvalue weighted by Crippen LogP contribution is -2.22. The highest BCUT2D eigenvalue weighted by molar-refractivity contribution is 5.22. The summed E-state index contributed by atoms with van der Waals surface area (Å²) >= 11 is 0. The first-order valence-electron chi connectivity index (χ1n) is 5.34. The van der Waals surface area contributed by atoms with Gasteiger partial charge in [-0.25, -0.2) is 0 Å². The van der Waals surface area contributed by atoms with Gasteiger partial charge in [-0.05, 0) is 32.0 Å². The van der Waals surface area contributed by atoms with Crippen molar-refractivity contribution in [2.75, 3.05) is 6.54 Å². The van der Waals surface area contributed by atoms with E-state index in [2.05, 4.69) is 42.1 Å². The molecule has 1 unspecified atom stereocenters. The monoisotopic (exact) mass is 202 g/mol. The summed E-state index contributed by atoms with van der Waals surface area (Å²) in [4.78, 5) is 4.42. The molecule has 1 N–H and O–H groups in total. The van der Waals surface area contributed by atoms with Crippen LogP contribution in [0.15, 0.2) is 18.3 Å². The fourth-order valence-corrected chi connectivity index (χ4v) is 1.58. The van der Waals surface area contributed by atoms with Crippen molar-refractivity contribution in [2.24, 2.45) is 0 Å². The van der Waals surface area contributed by atoms with Crippen molar-refractivity contribution in [1.29, 1.82) is 0 Å². The molecule has 0 aliphatic heterocycles. The number of hydrogen-bond donors (Lipinski definition) is 1. The first kappa shape index (κ1) is 11.7. The summed E-state index contributed by atoms with van der Waals surface area (Å²) in [5, 5.41) is 3.41. The minimum atomic E-state index is 0.253. The third-order valence-corrected chi connectivity index (χ3v) is 2.31. The average molecular weight is 202 g/mol. The highest BCUT2D eigenvalue weighted by atomic mass is 14.9. The first-order valence-corrected chi connectivity index (χ1v) is 5.34. The zero-order valence-electron chi connectivity index (χ0n) is 9.67. The van der Waals surface area contributed by atoms with Crippen LogP contribution in [0.5, 0.6) is 0 Å². The van der Waals surface area contributed by atoms with Crippen LogP contribution >= 0.6 is 0 Å². The lowest BCUT2D eigenvalue weighted by Gasteiger charge is -2.16. The molecule has 0 aromatic carbocycles. The van der Waals surface area contributed by atoms with Crippen LogP contribution in [0.25, 0.3) is 0 Å². The lowest BCUT2D eigenvalue weighted by molar-refractivity contribution is 0.548. The molecule has 0 saturated carbocycles.